The number of carbonyl (C=O) groups is 1. The molecule has 1 N–H and O–H groups in total. The average Bonchev–Trinajstić information content (AvgIpc) is 2.35. The summed E-state index contributed by atoms with van der Waals surface area (Å²) in [5.41, 5.74) is -5.03. The van der Waals surface area contributed by atoms with E-state index in [9.17, 15) is 26.4 Å². The average molecular weight is 357 g/mol. The molecule has 0 amide bonds. The first-order valence-electron chi connectivity index (χ1n) is 7.29. The molecule has 134 valence electrons. The Balaban J connectivity index is 2.56. The van der Waals surface area contributed by atoms with Gasteiger partial charge in [-0.05, 0) is 44.4 Å². The minimum Gasteiger partial charge on any atom is -0.459 e. The quantitative estimate of drug-likeness (QED) is 0.561. The minimum absolute atomic E-state index is 0.00106. The number of halogens is 3. The number of hydrogen-bond donors (Lipinski definition) is 1. The molecule has 1 fully saturated rings. The SMILES string of the molecule is C=C(C)C(=O)OC(C)[C@H](C)C1CCC1CNS(=O)(=O)C(F)(F)F. The number of rotatable bonds is 7. The Bertz CT molecular complexity index is 559. The molecule has 9 heteroatoms. The monoisotopic (exact) mass is 357 g/mol. The summed E-state index contributed by atoms with van der Waals surface area (Å²) in [6.45, 7) is 8.29. The highest BCUT2D eigenvalue weighted by Crippen LogP contribution is 2.41. The number of alkyl halides is 3. The molecule has 0 heterocycles. The summed E-state index contributed by atoms with van der Waals surface area (Å²) < 4.78 is 65.7. The maximum Gasteiger partial charge on any atom is 0.511 e. The summed E-state index contributed by atoms with van der Waals surface area (Å²) in [4.78, 5) is 11.5. The summed E-state index contributed by atoms with van der Waals surface area (Å²) in [5.74, 6) is -0.808. The largest absolute Gasteiger partial charge is 0.511 e. The van der Waals surface area contributed by atoms with Gasteiger partial charge >= 0.3 is 21.5 Å². The third kappa shape index (κ3) is 4.94. The molecule has 1 aliphatic carbocycles. The molecule has 5 nitrogen and oxygen atoms in total. The lowest BCUT2D eigenvalue weighted by Crippen LogP contribution is -2.46. The van der Waals surface area contributed by atoms with Crippen molar-refractivity contribution in [2.45, 2.75) is 45.2 Å². The first-order valence-corrected chi connectivity index (χ1v) is 8.77. The van der Waals surface area contributed by atoms with Gasteiger partial charge in [0, 0.05) is 12.1 Å². The van der Waals surface area contributed by atoms with Gasteiger partial charge in [0.15, 0.2) is 0 Å². The molecule has 3 unspecified atom stereocenters. The lowest BCUT2D eigenvalue weighted by molar-refractivity contribution is -0.148. The van der Waals surface area contributed by atoms with E-state index in [1.165, 1.54) is 6.92 Å². The fraction of sp³-hybridized carbons (Fsp3) is 0.786. The Morgan fingerprint density at radius 2 is 1.91 bits per heavy atom. The van der Waals surface area contributed by atoms with Crippen LogP contribution in [0.5, 0.6) is 0 Å². The zero-order valence-electron chi connectivity index (χ0n) is 13.3. The van der Waals surface area contributed by atoms with Gasteiger partial charge in [-0.1, -0.05) is 13.5 Å². The van der Waals surface area contributed by atoms with Crippen LogP contribution in [-0.2, 0) is 19.6 Å². The zero-order chi connectivity index (χ0) is 18.0. The topological polar surface area (TPSA) is 72.5 Å². The second-order valence-electron chi connectivity index (χ2n) is 6.05. The second-order valence-corrected chi connectivity index (χ2v) is 7.81. The molecule has 0 saturated heterocycles. The van der Waals surface area contributed by atoms with Gasteiger partial charge in [-0.25, -0.2) is 17.9 Å². The van der Waals surface area contributed by atoms with E-state index in [-0.39, 0.29) is 29.9 Å². The fourth-order valence-electron chi connectivity index (χ4n) is 2.56. The molecule has 0 aromatic carbocycles. The van der Waals surface area contributed by atoms with Gasteiger partial charge in [0.1, 0.15) is 6.10 Å². The van der Waals surface area contributed by atoms with Crippen LogP contribution in [0.15, 0.2) is 12.2 Å². The Morgan fingerprint density at radius 3 is 2.30 bits per heavy atom. The molecule has 0 aliphatic heterocycles. The van der Waals surface area contributed by atoms with Crippen molar-refractivity contribution in [3.05, 3.63) is 12.2 Å². The number of carbonyl (C=O) groups excluding carboxylic acids is 1. The van der Waals surface area contributed by atoms with Crippen molar-refractivity contribution < 1.29 is 31.1 Å². The van der Waals surface area contributed by atoms with E-state index in [0.29, 0.717) is 6.42 Å². The maximum absolute atomic E-state index is 12.3. The lowest BCUT2D eigenvalue weighted by atomic mass is 9.66. The van der Waals surface area contributed by atoms with Gasteiger partial charge in [-0.3, -0.25) is 0 Å². The molecular weight excluding hydrogens is 335 g/mol. The van der Waals surface area contributed by atoms with E-state index in [0.717, 1.165) is 6.42 Å². The van der Waals surface area contributed by atoms with Crippen LogP contribution in [0.25, 0.3) is 0 Å². The van der Waals surface area contributed by atoms with E-state index >= 15 is 0 Å². The van der Waals surface area contributed by atoms with Gasteiger partial charge in [0.25, 0.3) is 0 Å². The Morgan fingerprint density at radius 1 is 1.35 bits per heavy atom. The van der Waals surface area contributed by atoms with Gasteiger partial charge < -0.3 is 4.74 Å². The van der Waals surface area contributed by atoms with Crippen molar-refractivity contribution in [3.8, 4) is 0 Å². The summed E-state index contributed by atoms with van der Waals surface area (Å²) in [6.07, 6.45) is 0.969. The first-order chi connectivity index (χ1) is 10.4. The van der Waals surface area contributed by atoms with Crippen LogP contribution in [0.4, 0.5) is 13.2 Å². The number of ether oxygens (including phenoxy) is 1. The highest BCUT2D eigenvalue weighted by atomic mass is 32.2. The number of sulfonamides is 1. The fourth-order valence-corrected chi connectivity index (χ4v) is 3.16. The standard InChI is InChI=1S/C14H22F3NO4S/c1-8(2)13(19)22-10(4)9(3)12-6-5-11(12)7-18-23(20,21)14(15,16)17/h9-12,18H,1,5-7H2,2-4H3/t9-,10?,11?,12?/m0/s1. The number of esters is 1. The van der Waals surface area contributed by atoms with Crippen molar-refractivity contribution in [1.82, 2.24) is 4.72 Å². The Hall–Kier alpha value is -1.09. The van der Waals surface area contributed by atoms with Crippen molar-refractivity contribution in [1.29, 1.82) is 0 Å². The molecule has 1 saturated carbocycles. The molecule has 4 atom stereocenters. The van der Waals surface area contributed by atoms with E-state index in [1.54, 1.807) is 11.6 Å². The van der Waals surface area contributed by atoms with Gasteiger partial charge in [0.05, 0.1) is 0 Å². The van der Waals surface area contributed by atoms with Crippen LogP contribution in [0.2, 0.25) is 0 Å². The van der Waals surface area contributed by atoms with E-state index in [2.05, 4.69) is 6.58 Å². The van der Waals surface area contributed by atoms with Crippen LogP contribution >= 0.6 is 0 Å². The smallest absolute Gasteiger partial charge is 0.459 e. The summed E-state index contributed by atoms with van der Waals surface area (Å²) in [5, 5.41) is 0. The summed E-state index contributed by atoms with van der Waals surface area (Å²) >= 11 is 0. The third-order valence-corrected chi connectivity index (χ3v) is 5.53. The van der Waals surface area contributed by atoms with Gasteiger partial charge in [-0.15, -0.1) is 0 Å². The Labute approximate surface area is 134 Å². The molecular formula is C14H22F3NO4S. The molecule has 1 aliphatic rings. The molecule has 0 spiro atoms. The van der Waals surface area contributed by atoms with E-state index in [1.807, 2.05) is 6.92 Å². The normalized spacial score (nSPS) is 24.4. The molecule has 0 aromatic heterocycles. The zero-order valence-corrected chi connectivity index (χ0v) is 14.1. The Kier molecular flexibility index (Phi) is 6.25. The van der Waals surface area contributed by atoms with Crippen molar-refractivity contribution in [2.24, 2.45) is 17.8 Å². The molecule has 0 radical (unpaired) electrons. The molecule has 23 heavy (non-hydrogen) atoms. The van der Waals surface area contributed by atoms with Crippen molar-refractivity contribution >= 4 is 16.0 Å². The van der Waals surface area contributed by atoms with Crippen LogP contribution in [-0.4, -0.2) is 32.5 Å². The number of hydrogen-bond acceptors (Lipinski definition) is 4. The predicted molar refractivity (Wildman–Crippen MR) is 78.7 cm³/mol. The minimum atomic E-state index is -5.32. The van der Waals surface area contributed by atoms with Crippen LogP contribution in [0.3, 0.4) is 0 Å². The van der Waals surface area contributed by atoms with Gasteiger partial charge in [-0.2, -0.15) is 13.2 Å². The van der Waals surface area contributed by atoms with Crippen LogP contribution in [0.1, 0.15) is 33.6 Å². The van der Waals surface area contributed by atoms with Crippen molar-refractivity contribution in [3.63, 3.8) is 0 Å². The van der Waals surface area contributed by atoms with Crippen molar-refractivity contribution in [2.75, 3.05) is 6.54 Å². The van der Waals surface area contributed by atoms with Crippen LogP contribution < -0.4 is 4.72 Å². The maximum atomic E-state index is 12.3. The third-order valence-electron chi connectivity index (χ3n) is 4.37. The summed E-state index contributed by atoms with van der Waals surface area (Å²) in [6, 6.07) is 0. The lowest BCUT2D eigenvalue weighted by Gasteiger charge is -2.42. The highest BCUT2D eigenvalue weighted by Gasteiger charge is 2.47. The number of nitrogens with one attached hydrogen (secondary N) is 1. The second kappa shape index (κ2) is 7.21. The molecule has 0 bridgehead atoms. The first kappa shape index (κ1) is 20.0. The molecule has 0 aromatic rings. The predicted octanol–water partition coefficient (Wildman–Crippen LogP) is 2.60. The van der Waals surface area contributed by atoms with Crippen LogP contribution in [0, 0.1) is 17.8 Å². The van der Waals surface area contributed by atoms with E-state index < -0.39 is 27.6 Å². The highest BCUT2D eigenvalue weighted by molar-refractivity contribution is 7.90. The molecule has 1 rings (SSSR count). The van der Waals surface area contributed by atoms with E-state index in [4.69, 9.17) is 4.74 Å². The van der Waals surface area contributed by atoms with Gasteiger partial charge in [0.2, 0.25) is 0 Å². The summed E-state index contributed by atoms with van der Waals surface area (Å²) in [7, 11) is -5.32.